The lowest BCUT2D eigenvalue weighted by Crippen LogP contribution is -2.54. The minimum Gasteiger partial charge on any atom is -0.493 e. The maximum absolute atomic E-state index is 13.4. The van der Waals surface area contributed by atoms with Crippen molar-refractivity contribution in [2.24, 2.45) is 0 Å². The Kier molecular flexibility index (Phi) is 12.0. The quantitative estimate of drug-likeness (QED) is 0.203. The van der Waals surface area contributed by atoms with Gasteiger partial charge >= 0.3 is 0 Å². The van der Waals surface area contributed by atoms with Gasteiger partial charge in [0.25, 0.3) is 0 Å². The second-order valence-corrected chi connectivity index (χ2v) is 10.7. The van der Waals surface area contributed by atoms with Crippen LogP contribution < -0.4 is 14.8 Å². The molecule has 4 N–H and O–H groups in total. The summed E-state index contributed by atoms with van der Waals surface area (Å²) in [4.78, 5) is 28.1. The SMILES string of the molecule is CCC=CC(=O)N(Cc1ccc(C)cc1)[C@@H]1CC(C(=O)NCCO)=C[C@H](Oc2c(I)cc(CO)cc2OC)[C@H]1O. The van der Waals surface area contributed by atoms with Crippen molar-refractivity contribution >= 4 is 34.4 Å². The second-order valence-electron chi connectivity index (χ2n) is 9.55. The van der Waals surface area contributed by atoms with Crippen LogP contribution in [0.25, 0.3) is 0 Å². The van der Waals surface area contributed by atoms with E-state index in [0.29, 0.717) is 32.6 Å². The molecule has 0 radical (unpaired) electrons. The number of carbonyl (C=O) groups is 2. The summed E-state index contributed by atoms with van der Waals surface area (Å²) in [5, 5.41) is 33.1. The molecule has 0 bridgehead atoms. The van der Waals surface area contributed by atoms with Crippen molar-refractivity contribution in [1.29, 1.82) is 0 Å². The third-order valence-electron chi connectivity index (χ3n) is 6.59. The Bertz CT molecular complexity index is 1230. The molecule has 3 atom stereocenters. The van der Waals surface area contributed by atoms with Crippen LogP contribution in [0.3, 0.4) is 0 Å². The lowest BCUT2D eigenvalue weighted by atomic mass is 9.87. The molecule has 2 amide bonds. The minimum atomic E-state index is -1.18. The summed E-state index contributed by atoms with van der Waals surface area (Å²) < 4.78 is 12.4. The maximum atomic E-state index is 13.4. The van der Waals surface area contributed by atoms with Gasteiger partial charge in [-0.1, -0.05) is 42.8 Å². The smallest absolute Gasteiger partial charge is 0.247 e. The number of halogens is 1. The molecule has 2 aromatic carbocycles. The normalized spacial score (nSPS) is 18.8. The monoisotopic (exact) mass is 664 g/mol. The number of nitrogens with zero attached hydrogens (tertiary/aromatic N) is 1. The fourth-order valence-corrected chi connectivity index (χ4v) is 5.25. The Balaban J connectivity index is 2.04. The van der Waals surface area contributed by atoms with Crippen LogP contribution >= 0.6 is 22.6 Å². The van der Waals surface area contributed by atoms with Crippen molar-refractivity contribution in [3.8, 4) is 11.5 Å². The van der Waals surface area contributed by atoms with Gasteiger partial charge in [0.1, 0.15) is 12.2 Å². The lowest BCUT2D eigenvalue weighted by Gasteiger charge is -2.40. The molecule has 0 spiro atoms. The Labute approximate surface area is 248 Å². The molecule has 2 aromatic rings. The molecular formula is C30H37IN2O7. The van der Waals surface area contributed by atoms with Crippen LogP contribution in [0.1, 0.15) is 36.5 Å². The number of amides is 2. The molecule has 0 heterocycles. The summed E-state index contributed by atoms with van der Waals surface area (Å²) in [7, 11) is 1.48. The van der Waals surface area contributed by atoms with E-state index in [1.165, 1.54) is 13.2 Å². The van der Waals surface area contributed by atoms with E-state index in [-0.39, 0.29) is 38.6 Å². The van der Waals surface area contributed by atoms with Gasteiger partial charge < -0.3 is 35.0 Å². The predicted octanol–water partition coefficient (Wildman–Crippen LogP) is 3.01. The van der Waals surface area contributed by atoms with Crippen molar-refractivity contribution in [2.45, 2.75) is 58.1 Å². The van der Waals surface area contributed by atoms with Gasteiger partial charge in [-0.3, -0.25) is 9.59 Å². The number of aryl methyl sites for hydroxylation is 1. The van der Waals surface area contributed by atoms with Gasteiger partial charge in [-0.2, -0.15) is 0 Å². The van der Waals surface area contributed by atoms with Crippen LogP contribution in [-0.4, -0.2) is 70.5 Å². The third-order valence-corrected chi connectivity index (χ3v) is 7.39. The summed E-state index contributed by atoms with van der Waals surface area (Å²) in [6, 6.07) is 10.4. The number of aliphatic hydroxyl groups excluding tert-OH is 3. The highest BCUT2D eigenvalue weighted by Crippen LogP contribution is 2.37. The zero-order chi connectivity index (χ0) is 29.2. The zero-order valence-electron chi connectivity index (χ0n) is 23.0. The summed E-state index contributed by atoms with van der Waals surface area (Å²) in [5.74, 6) is 0.00690. The van der Waals surface area contributed by atoms with Gasteiger partial charge in [-0.25, -0.2) is 0 Å². The van der Waals surface area contributed by atoms with Crippen molar-refractivity contribution in [3.63, 3.8) is 0 Å². The third kappa shape index (κ3) is 8.06. The highest BCUT2D eigenvalue weighted by molar-refractivity contribution is 14.1. The number of methoxy groups -OCH3 is 1. The number of nitrogens with one attached hydrogen (secondary N) is 1. The molecule has 0 aliphatic heterocycles. The van der Waals surface area contributed by atoms with Gasteiger partial charge in [-0.15, -0.1) is 0 Å². The van der Waals surface area contributed by atoms with Gasteiger partial charge in [0.05, 0.1) is 29.9 Å². The Morgan fingerprint density at radius 3 is 2.52 bits per heavy atom. The number of allylic oxidation sites excluding steroid dienone is 1. The van der Waals surface area contributed by atoms with Crippen LogP contribution in [0.15, 0.2) is 60.2 Å². The lowest BCUT2D eigenvalue weighted by molar-refractivity contribution is -0.134. The first-order chi connectivity index (χ1) is 19.2. The first-order valence-electron chi connectivity index (χ1n) is 13.2. The molecule has 0 saturated heterocycles. The highest BCUT2D eigenvalue weighted by atomic mass is 127. The first-order valence-corrected chi connectivity index (χ1v) is 14.2. The van der Waals surface area contributed by atoms with E-state index in [2.05, 4.69) is 27.9 Å². The van der Waals surface area contributed by atoms with E-state index in [0.717, 1.165) is 11.1 Å². The van der Waals surface area contributed by atoms with Crippen molar-refractivity contribution in [1.82, 2.24) is 10.2 Å². The molecular weight excluding hydrogens is 627 g/mol. The average molecular weight is 665 g/mol. The summed E-state index contributed by atoms with van der Waals surface area (Å²) in [6.45, 7) is 3.79. The fraction of sp³-hybridized carbons (Fsp3) is 0.400. The molecule has 3 rings (SSSR count). The van der Waals surface area contributed by atoms with Crippen LogP contribution in [0, 0.1) is 10.5 Å². The summed E-state index contributed by atoms with van der Waals surface area (Å²) in [5.41, 5.74) is 2.93. The molecule has 216 valence electrons. The van der Waals surface area contributed by atoms with Crippen molar-refractivity contribution in [2.75, 3.05) is 20.3 Å². The number of rotatable bonds is 12. The van der Waals surface area contributed by atoms with Crippen LogP contribution in [0.2, 0.25) is 0 Å². The summed E-state index contributed by atoms with van der Waals surface area (Å²) >= 11 is 2.06. The highest BCUT2D eigenvalue weighted by Gasteiger charge is 2.40. The Morgan fingerprint density at radius 1 is 1.18 bits per heavy atom. The molecule has 0 fully saturated rings. The fourth-order valence-electron chi connectivity index (χ4n) is 4.46. The maximum Gasteiger partial charge on any atom is 0.247 e. The number of hydrogen-bond acceptors (Lipinski definition) is 7. The molecule has 0 saturated carbocycles. The molecule has 1 aliphatic rings. The number of benzene rings is 2. The van der Waals surface area contributed by atoms with E-state index in [1.807, 2.05) is 38.1 Å². The first kappa shape index (κ1) is 31.6. The number of hydrogen-bond donors (Lipinski definition) is 4. The Hall–Kier alpha value is -2.93. The number of ether oxygens (including phenoxy) is 2. The van der Waals surface area contributed by atoms with E-state index in [9.17, 15) is 24.9 Å². The second kappa shape index (κ2) is 15.2. The predicted molar refractivity (Wildman–Crippen MR) is 160 cm³/mol. The van der Waals surface area contributed by atoms with Gasteiger partial charge in [0, 0.05) is 25.1 Å². The molecule has 10 heteroatoms. The largest absolute Gasteiger partial charge is 0.493 e. The van der Waals surface area contributed by atoms with E-state index in [4.69, 9.17) is 9.47 Å². The minimum absolute atomic E-state index is 0.0640. The molecule has 40 heavy (non-hydrogen) atoms. The van der Waals surface area contributed by atoms with Gasteiger partial charge in [0.15, 0.2) is 11.5 Å². The van der Waals surface area contributed by atoms with Crippen LogP contribution in [0.5, 0.6) is 11.5 Å². The topological polar surface area (TPSA) is 129 Å². The van der Waals surface area contributed by atoms with E-state index in [1.54, 1.807) is 29.2 Å². The van der Waals surface area contributed by atoms with Crippen LogP contribution in [-0.2, 0) is 22.7 Å². The standard InChI is InChI=1S/C30H37IN2O7/c1-4-5-6-27(36)33(17-20-9-7-19(2)8-10-20)24-15-22(30(38)32-11-12-34)16-25(28(24)37)40-29-23(31)13-21(18-35)14-26(29)39-3/h5-10,13-14,16,24-25,28,34-35,37H,4,11-12,15,17-18H2,1-3H3,(H,32,38)/t24-,25+,28+/m1/s1. The number of carbonyl (C=O) groups excluding carboxylic acids is 2. The van der Waals surface area contributed by atoms with Crippen LogP contribution in [0.4, 0.5) is 0 Å². The number of aliphatic hydroxyl groups is 3. The molecule has 1 aliphatic carbocycles. The Morgan fingerprint density at radius 2 is 1.90 bits per heavy atom. The molecule has 9 nitrogen and oxygen atoms in total. The van der Waals surface area contributed by atoms with Gasteiger partial charge in [0.2, 0.25) is 11.8 Å². The molecule has 0 aromatic heterocycles. The summed E-state index contributed by atoms with van der Waals surface area (Å²) in [6.07, 6.45) is 3.37. The average Bonchev–Trinajstić information content (AvgIpc) is 2.96. The zero-order valence-corrected chi connectivity index (χ0v) is 25.1. The van der Waals surface area contributed by atoms with E-state index < -0.39 is 24.2 Å². The molecule has 0 unspecified atom stereocenters. The van der Waals surface area contributed by atoms with Crippen molar-refractivity contribution < 1.29 is 34.4 Å². The van der Waals surface area contributed by atoms with Gasteiger partial charge in [-0.05, 0) is 71.3 Å². The van der Waals surface area contributed by atoms with E-state index >= 15 is 0 Å². The van der Waals surface area contributed by atoms with Crippen molar-refractivity contribution in [3.05, 3.63) is 80.5 Å².